The molecule has 144 valence electrons. The van der Waals surface area contributed by atoms with Gasteiger partial charge in [-0.05, 0) is 40.9 Å². The number of carbonyl (C=O) groups excluding carboxylic acids is 2. The largest absolute Gasteiger partial charge is 0.366 e. The molecule has 2 aromatic carbocycles. The number of aromatic nitrogens is 2. The van der Waals surface area contributed by atoms with Gasteiger partial charge in [0.2, 0.25) is 0 Å². The molecule has 0 aliphatic rings. The summed E-state index contributed by atoms with van der Waals surface area (Å²) in [6.07, 6.45) is 3.01. The highest BCUT2D eigenvalue weighted by Gasteiger charge is 2.19. The number of anilines is 1. The van der Waals surface area contributed by atoms with Crippen LogP contribution < -0.4 is 11.1 Å². The van der Waals surface area contributed by atoms with Crippen LogP contribution in [-0.2, 0) is 0 Å². The molecule has 4 aromatic rings. The van der Waals surface area contributed by atoms with Gasteiger partial charge in [-0.15, -0.1) is 16.2 Å². The number of H-pyrrole nitrogens is 1. The van der Waals surface area contributed by atoms with Crippen LogP contribution >= 0.6 is 11.3 Å². The highest BCUT2D eigenvalue weighted by Crippen LogP contribution is 2.39. The van der Waals surface area contributed by atoms with E-state index in [0.717, 1.165) is 11.1 Å². The Bertz CT molecular complexity index is 1260. The highest BCUT2D eigenvalue weighted by atomic mass is 32.1. The van der Waals surface area contributed by atoms with Crippen molar-refractivity contribution in [2.24, 2.45) is 10.9 Å². The second-order valence-corrected chi connectivity index (χ2v) is 7.20. The Balaban J connectivity index is 1.86. The van der Waals surface area contributed by atoms with Crippen LogP contribution in [0.5, 0.6) is 0 Å². The lowest BCUT2D eigenvalue weighted by atomic mass is 9.94. The molecule has 0 saturated heterocycles. The Morgan fingerprint density at radius 2 is 2.03 bits per heavy atom. The summed E-state index contributed by atoms with van der Waals surface area (Å²) < 4.78 is 0. The van der Waals surface area contributed by atoms with Gasteiger partial charge in [0.15, 0.2) is 5.01 Å². The second-order valence-electron chi connectivity index (χ2n) is 6.31. The molecular formula is C20H15N5O3S. The summed E-state index contributed by atoms with van der Waals surface area (Å²) in [6, 6.07) is 8.78. The zero-order valence-electron chi connectivity index (χ0n) is 15.2. The molecule has 0 aliphatic heterocycles. The lowest BCUT2D eigenvalue weighted by Gasteiger charge is -2.14. The number of nitrogens with two attached hydrogens (primary N) is 1. The molecule has 0 fully saturated rings. The summed E-state index contributed by atoms with van der Waals surface area (Å²) in [4.78, 5) is 42.4. The lowest BCUT2D eigenvalue weighted by molar-refractivity contribution is 0.0998. The number of hydrogen-bond donors (Lipinski definition) is 3. The molecule has 2 aromatic heterocycles. The van der Waals surface area contributed by atoms with Crippen LogP contribution in [0.3, 0.4) is 0 Å². The van der Waals surface area contributed by atoms with Crippen molar-refractivity contribution in [3.8, 4) is 11.1 Å². The average Bonchev–Trinajstić information content (AvgIpc) is 3.39. The minimum absolute atomic E-state index is 0.176. The van der Waals surface area contributed by atoms with Crippen LogP contribution in [0.15, 0.2) is 53.3 Å². The van der Waals surface area contributed by atoms with Crippen molar-refractivity contribution in [3.63, 3.8) is 0 Å². The number of benzene rings is 2. The molecule has 0 saturated carbocycles. The van der Waals surface area contributed by atoms with Crippen molar-refractivity contribution < 1.29 is 9.59 Å². The van der Waals surface area contributed by atoms with E-state index in [-0.39, 0.29) is 17.2 Å². The number of primary amides is 1. The zero-order chi connectivity index (χ0) is 20.5. The second kappa shape index (κ2) is 7.28. The van der Waals surface area contributed by atoms with E-state index in [0.29, 0.717) is 27.2 Å². The lowest BCUT2D eigenvalue weighted by Crippen LogP contribution is -2.13. The van der Waals surface area contributed by atoms with Gasteiger partial charge in [0.25, 0.3) is 11.8 Å². The maximum absolute atomic E-state index is 12.4. The highest BCUT2D eigenvalue weighted by molar-refractivity contribution is 7.11. The Morgan fingerprint density at radius 3 is 2.72 bits per heavy atom. The fraction of sp³-hybridized carbons (Fsp3) is 0.0500. The standard InChI is InChI=1S/C20H15N5O3S/c1-10-11(3-2-4-14(10)24-19(27)20-22-7-8-29-20)12-5-6-13(18(21)26)17-16(12)15(25-28)9-23-17/h2-9,23H,1H3,(H2,21,26)(H,24,27). The summed E-state index contributed by atoms with van der Waals surface area (Å²) in [6.45, 7) is 1.86. The van der Waals surface area contributed by atoms with Gasteiger partial charge in [-0.25, -0.2) is 4.98 Å². The molecule has 2 heterocycles. The van der Waals surface area contributed by atoms with E-state index < -0.39 is 5.91 Å². The van der Waals surface area contributed by atoms with Crippen LogP contribution in [0, 0.1) is 11.8 Å². The van der Waals surface area contributed by atoms with Gasteiger partial charge in [0.1, 0.15) is 5.69 Å². The number of rotatable bonds is 5. The van der Waals surface area contributed by atoms with Crippen LogP contribution in [0.2, 0.25) is 0 Å². The van der Waals surface area contributed by atoms with Crippen LogP contribution in [0.25, 0.3) is 22.0 Å². The summed E-state index contributed by atoms with van der Waals surface area (Å²) >= 11 is 1.25. The van der Waals surface area contributed by atoms with Crippen molar-refractivity contribution in [2.45, 2.75) is 6.92 Å². The molecule has 0 atom stereocenters. The fourth-order valence-electron chi connectivity index (χ4n) is 3.31. The number of nitrogens with one attached hydrogen (secondary N) is 2. The van der Waals surface area contributed by atoms with Gasteiger partial charge < -0.3 is 16.0 Å². The molecule has 0 aliphatic carbocycles. The maximum Gasteiger partial charge on any atom is 0.284 e. The first-order valence-corrected chi connectivity index (χ1v) is 9.47. The molecule has 4 N–H and O–H groups in total. The smallest absolute Gasteiger partial charge is 0.284 e. The summed E-state index contributed by atoms with van der Waals surface area (Å²) in [5, 5.41) is 8.53. The average molecular weight is 405 g/mol. The Morgan fingerprint density at radius 1 is 1.21 bits per heavy atom. The summed E-state index contributed by atoms with van der Waals surface area (Å²) in [5.41, 5.74) is 9.24. The molecule has 0 bridgehead atoms. The molecule has 0 radical (unpaired) electrons. The third kappa shape index (κ3) is 3.17. The van der Waals surface area contributed by atoms with Gasteiger partial charge in [0, 0.05) is 28.8 Å². The monoisotopic (exact) mass is 405 g/mol. The maximum atomic E-state index is 12.4. The third-order valence-electron chi connectivity index (χ3n) is 4.68. The van der Waals surface area contributed by atoms with Crippen molar-refractivity contribution in [3.05, 3.63) is 69.1 Å². The number of amides is 2. The molecule has 9 heteroatoms. The SMILES string of the molecule is Cc1c(NC(=O)c2nccs2)cccc1-c1ccc(C(N)=O)c2[nH]cc(N=O)c12. The number of aromatic amines is 1. The molecule has 29 heavy (non-hydrogen) atoms. The summed E-state index contributed by atoms with van der Waals surface area (Å²) in [5.74, 6) is -0.909. The minimum atomic E-state index is -0.609. The molecule has 4 rings (SSSR count). The number of fused-ring (bicyclic) bond motifs is 1. The zero-order valence-corrected chi connectivity index (χ0v) is 16.0. The van der Waals surface area contributed by atoms with E-state index >= 15 is 0 Å². The number of nitrogens with zero attached hydrogens (tertiary/aromatic N) is 2. The van der Waals surface area contributed by atoms with Crippen LogP contribution in [0.4, 0.5) is 11.4 Å². The van der Waals surface area contributed by atoms with Gasteiger partial charge >= 0.3 is 0 Å². The third-order valence-corrected chi connectivity index (χ3v) is 5.45. The Labute approximate surface area is 168 Å². The predicted molar refractivity (Wildman–Crippen MR) is 113 cm³/mol. The van der Waals surface area contributed by atoms with E-state index in [4.69, 9.17) is 5.73 Å². The van der Waals surface area contributed by atoms with Crippen LogP contribution in [0.1, 0.15) is 25.7 Å². The van der Waals surface area contributed by atoms with Gasteiger partial charge in [-0.1, -0.05) is 18.2 Å². The van der Waals surface area contributed by atoms with E-state index in [1.165, 1.54) is 17.5 Å². The minimum Gasteiger partial charge on any atom is -0.366 e. The first kappa shape index (κ1) is 18.5. The van der Waals surface area contributed by atoms with E-state index in [2.05, 4.69) is 20.5 Å². The first-order chi connectivity index (χ1) is 14.0. The quantitative estimate of drug-likeness (QED) is 0.426. The van der Waals surface area contributed by atoms with Gasteiger partial charge in [-0.2, -0.15) is 0 Å². The van der Waals surface area contributed by atoms with Crippen molar-refractivity contribution in [2.75, 3.05) is 5.32 Å². The molecule has 2 amide bonds. The van der Waals surface area contributed by atoms with E-state index in [1.807, 2.05) is 13.0 Å². The van der Waals surface area contributed by atoms with E-state index in [9.17, 15) is 14.5 Å². The number of nitroso groups, excluding NO2 is 1. The van der Waals surface area contributed by atoms with Gasteiger partial charge in [-0.3, -0.25) is 9.59 Å². The van der Waals surface area contributed by atoms with Crippen LogP contribution in [-0.4, -0.2) is 21.8 Å². The molecular weight excluding hydrogens is 390 g/mol. The normalized spacial score (nSPS) is 10.8. The molecule has 8 nitrogen and oxygen atoms in total. The van der Waals surface area contributed by atoms with Crippen molar-refractivity contribution in [1.29, 1.82) is 0 Å². The Kier molecular flexibility index (Phi) is 4.65. The summed E-state index contributed by atoms with van der Waals surface area (Å²) in [7, 11) is 0. The number of hydrogen-bond acceptors (Lipinski definition) is 6. The predicted octanol–water partition coefficient (Wildman–Crippen LogP) is 4.35. The Hall–Kier alpha value is -3.85. The number of thiazole rings is 1. The molecule has 0 unspecified atom stereocenters. The topological polar surface area (TPSA) is 130 Å². The van der Waals surface area contributed by atoms with Crippen molar-refractivity contribution >= 4 is 45.4 Å². The first-order valence-electron chi connectivity index (χ1n) is 8.59. The number of carbonyl (C=O) groups is 2. The fourth-order valence-corrected chi connectivity index (χ4v) is 3.84. The molecule has 0 spiro atoms. The van der Waals surface area contributed by atoms with Crippen molar-refractivity contribution in [1.82, 2.24) is 9.97 Å². The van der Waals surface area contributed by atoms with E-state index in [1.54, 1.807) is 35.8 Å². The van der Waals surface area contributed by atoms with Gasteiger partial charge in [0.05, 0.1) is 11.1 Å².